The van der Waals surface area contributed by atoms with Crippen LogP contribution in [0.15, 0.2) is 18.7 Å². The fraction of sp³-hybridized carbons (Fsp3) is 0.652. The SMILES string of the molecule is C=Cc1ccc(COCCC2CO2)c(COCCC2CO2)c1COCCC1CO1. The summed E-state index contributed by atoms with van der Waals surface area (Å²) in [6.45, 7) is 10.3. The lowest BCUT2D eigenvalue weighted by Crippen LogP contribution is -2.10. The highest BCUT2D eigenvalue weighted by atomic mass is 16.6. The Labute approximate surface area is 173 Å². The van der Waals surface area contributed by atoms with Gasteiger partial charge in [-0.1, -0.05) is 24.8 Å². The Bertz CT molecular complexity index is 664. The molecule has 6 heteroatoms. The van der Waals surface area contributed by atoms with Crippen LogP contribution >= 0.6 is 0 Å². The number of hydrogen-bond acceptors (Lipinski definition) is 6. The molecule has 6 nitrogen and oxygen atoms in total. The molecule has 1 aromatic carbocycles. The Hall–Kier alpha value is -1.28. The van der Waals surface area contributed by atoms with Crippen LogP contribution in [0.1, 0.15) is 41.5 Å². The molecule has 3 heterocycles. The second-order valence-electron chi connectivity index (χ2n) is 7.86. The summed E-state index contributed by atoms with van der Waals surface area (Å²) in [7, 11) is 0. The monoisotopic (exact) mass is 404 g/mol. The van der Waals surface area contributed by atoms with Gasteiger partial charge in [0.1, 0.15) is 0 Å². The molecule has 0 amide bonds. The Morgan fingerprint density at radius 3 is 1.72 bits per heavy atom. The van der Waals surface area contributed by atoms with Crippen molar-refractivity contribution in [1.29, 1.82) is 0 Å². The van der Waals surface area contributed by atoms with Crippen LogP contribution in [-0.2, 0) is 48.2 Å². The fourth-order valence-corrected chi connectivity index (χ4v) is 3.32. The van der Waals surface area contributed by atoms with Crippen molar-refractivity contribution in [3.63, 3.8) is 0 Å². The van der Waals surface area contributed by atoms with Crippen molar-refractivity contribution in [3.8, 4) is 0 Å². The molecule has 1 aromatic rings. The Morgan fingerprint density at radius 1 is 0.759 bits per heavy atom. The summed E-state index contributed by atoms with van der Waals surface area (Å²) in [5, 5.41) is 0. The molecule has 3 unspecified atom stereocenters. The van der Waals surface area contributed by atoms with Crippen molar-refractivity contribution in [2.75, 3.05) is 39.6 Å². The van der Waals surface area contributed by atoms with Crippen LogP contribution < -0.4 is 0 Å². The maximum Gasteiger partial charge on any atom is 0.0831 e. The highest BCUT2D eigenvalue weighted by Crippen LogP contribution is 2.25. The lowest BCUT2D eigenvalue weighted by Gasteiger charge is -2.18. The van der Waals surface area contributed by atoms with Gasteiger partial charge in [-0.15, -0.1) is 0 Å². The first-order valence-corrected chi connectivity index (χ1v) is 10.7. The number of ether oxygens (including phenoxy) is 6. The van der Waals surface area contributed by atoms with E-state index in [0.717, 1.165) is 61.3 Å². The summed E-state index contributed by atoms with van der Waals surface area (Å²) >= 11 is 0. The first-order valence-electron chi connectivity index (χ1n) is 10.7. The zero-order valence-electron chi connectivity index (χ0n) is 17.1. The Kier molecular flexibility index (Phi) is 7.71. The van der Waals surface area contributed by atoms with Crippen LogP contribution in [0, 0.1) is 0 Å². The van der Waals surface area contributed by atoms with Gasteiger partial charge < -0.3 is 28.4 Å². The highest BCUT2D eigenvalue weighted by molar-refractivity contribution is 5.56. The third kappa shape index (κ3) is 7.17. The van der Waals surface area contributed by atoms with Crippen LogP contribution in [0.25, 0.3) is 6.08 Å². The standard InChI is InChI=1S/C23H32O6/c1-2-17-3-4-18(11-24-8-5-19-12-27-19)23(16-26-10-7-21-14-29-21)22(17)15-25-9-6-20-13-28-20/h2-4,19-21H,1,5-16H2. The van der Waals surface area contributed by atoms with Gasteiger partial charge in [-0.05, 0) is 41.5 Å². The van der Waals surface area contributed by atoms with Gasteiger partial charge in [0.25, 0.3) is 0 Å². The predicted molar refractivity (Wildman–Crippen MR) is 109 cm³/mol. The lowest BCUT2D eigenvalue weighted by atomic mass is 9.96. The average Bonchev–Trinajstić information content (AvgIpc) is 3.58. The van der Waals surface area contributed by atoms with E-state index in [1.165, 1.54) is 0 Å². The van der Waals surface area contributed by atoms with Crippen LogP contribution in [0.5, 0.6) is 0 Å². The Morgan fingerprint density at radius 2 is 1.24 bits per heavy atom. The summed E-state index contributed by atoms with van der Waals surface area (Å²) in [4.78, 5) is 0. The van der Waals surface area contributed by atoms with Crippen molar-refractivity contribution in [1.82, 2.24) is 0 Å². The van der Waals surface area contributed by atoms with Gasteiger partial charge in [-0.2, -0.15) is 0 Å². The van der Waals surface area contributed by atoms with E-state index in [2.05, 4.69) is 18.7 Å². The second kappa shape index (κ2) is 10.7. The number of epoxide rings is 3. The Balaban J connectivity index is 1.37. The molecular formula is C23H32O6. The first kappa shape index (κ1) is 21.0. The third-order valence-electron chi connectivity index (χ3n) is 5.49. The molecular weight excluding hydrogens is 372 g/mol. The maximum atomic E-state index is 6.00. The zero-order valence-corrected chi connectivity index (χ0v) is 17.1. The summed E-state index contributed by atoms with van der Waals surface area (Å²) < 4.78 is 33.7. The smallest absolute Gasteiger partial charge is 0.0831 e. The molecule has 0 N–H and O–H groups in total. The van der Waals surface area contributed by atoms with Gasteiger partial charge in [0, 0.05) is 19.8 Å². The first-order chi connectivity index (χ1) is 14.3. The molecule has 0 saturated carbocycles. The van der Waals surface area contributed by atoms with Crippen molar-refractivity contribution in [2.24, 2.45) is 0 Å². The molecule has 3 aliphatic rings. The van der Waals surface area contributed by atoms with Crippen LogP contribution in [-0.4, -0.2) is 58.0 Å². The lowest BCUT2D eigenvalue weighted by molar-refractivity contribution is 0.0922. The molecule has 0 spiro atoms. The molecule has 3 aliphatic heterocycles. The van der Waals surface area contributed by atoms with Gasteiger partial charge in [-0.25, -0.2) is 0 Å². The summed E-state index contributed by atoms with van der Waals surface area (Å²) in [6.07, 6.45) is 5.90. The topological polar surface area (TPSA) is 65.3 Å². The number of benzene rings is 1. The van der Waals surface area contributed by atoms with Crippen LogP contribution in [0.2, 0.25) is 0 Å². The summed E-state index contributed by atoms with van der Waals surface area (Å²) in [6, 6.07) is 4.22. The van der Waals surface area contributed by atoms with Gasteiger partial charge >= 0.3 is 0 Å². The number of rotatable bonds is 16. The van der Waals surface area contributed by atoms with Crippen LogP contribution in [0.3, 0.4) is 0 Å². The average molecular weight is 405 g/mol. The minimum Gasteiger partial charge on any atom is -0.377 e. The fourth-order valence-electron chi connectivity index (χ4n) is 3.32. The largest absolute Gasteiger partial charge is 0.377 e. The quantitative estimate of drug-likeness (QED) is 0.311. The normalized spacial score (nSPS) is 24.5. The van der Waals surface area contributed by atoms with Gasteiger partial charge in [0.05, 0.1) is 58.0 Å². The molecule has 29 heavy (non-hydrogen) atoms. The van der Waals surface area contributed by atoms with Gasteiger partial charge in [0.15, 0.2) is 0 Å². The van der Waals surface area contributed by atoms with E-state index in [4.69, 9.17) is 28.4 Å². The maximum absolute atomic E-state index is 6.00. The van der Waals surface area contributed by atoms with Crippen molar-refractivity contribution in [3.05, 3.63) is 41.0 Å². The molecule has 3 saturated heterocycles. The second-order valence-corrected chi connectivity index (χ2v) is 7.86. The van der Waals surface area contributed by atoms with E-state index < -0.39 is 0 Å². The van der Waals surface area contributed by atoms with E-state index in [0.29, 0.717) is 58.0 Å². The van der Waals surface area contributed by atoms with Gasteiger partial charge in [0.2, 0.25) is 0 Å². The zero-order chi connectivity index (χ0) is 19.9. The van der Waals surface area contributed by atoms with Gasteiger partial charge in [-0.3, -0.25) is 0 Å². The summed E-state index contributed by atoms with van der Waals surface area (Å²) in [5.41, 5.74) is 4.54. The molecule has 0 bridgehead atoms. The minimum atomic E-state index is 0.384. The highest BCUT2D eigenvalue weighted by Gasteiger charge is 2.23. The summed E-state index contributed by atoms with van der Waals surface area (Å²) in [5.74, 6) is 0. The molecule has 0 aliphatic carbocycles. The van der Waals surface area contributed by atoms with E-state index >= 15 is 0 Å². The van der Waals surface area contributed by atoms with Crippen LogP contribution in [0.4, 0.5) is 0 Å². The molecule has 160 valence electrons. The van der Waals surface area contributed by atoms with Crippen molar-refractivity contribution < 1.29 is 28.4 Å². The van der Waals surface area contributed by atoms with E-state index in [9.17, 15) is 0 Å². The molecule has 4 rings (SSSR count). The van der Waals surface area contributed by atoms with E-state index in [-0.39, 0.29) is 0 Å². The van der Waals surface area contributed by atoms with E-state index in [1.807, 2.05) is 6.08 Å². The molecule has 3 fully saturated rings. The molecule has 3 atom stereocenters. The van der Waals surface area contributed by atoms with Crippen molar-refractivity contribution >= 4 is 6.08 Å². The molecule has 0 aromatic heterocycles. The molecule has 0 radical (unpaired) electrons. The third-order valence-corrected chi connectivity index (χ3v) is 5.49. The minimum absolute atomic E-state index is 0.384. The van der Waals surface area contributed by atoms with E-state index in [1.54, 1.807) is 0 Å². The van der Waals surface area contributed by atoms with Crippen molar-refractivity contribution in [2.45, 2.75) is 57.4 Å². The predicted octanol–water partition coefficient (Wildman–Crippen LogP) is 3.25. The number of hydrogen-bond donors (Lipinski definition) is 0.